The fourth-order valence-corrected chi connectivity index (χ4v) is 2.68. The topological polar surface area (TPSA) is 99.2 Å². The lowest BCUT2D eigenvalue weighted by molar-refractivity contribution is -0.199. The van der Waals surface area contributed by atoms with Crippen molar-refractivity contribution >= 4 is 29.3 Å². The summed E-state index contributed by atoms with van der Waals surface area (Å²) in [7, 11) is 0. The quantitative estimate of drug-likeness (QED) is 0.778. The molecule has 3 heterocycles. The van der Waals surface area contributed by atoms with Crippen LogP contribution >= 0.6 is 11.6 Å². The van der Waals surface area contributed by atoms with Crippen LogP contribution in [0.3, 0.4) is 0 Å². The van der Waals surface area contributed by atoms with Crippen LogP contribution in [0.4, 0.5) is 19.0 Å². The minimum Gasteiger partial charge on any atom is -0.384 e. The number of hydrogen-bond acceptors (Lipinski definition) is 5. The van der Waals surface area contributed by atoms with Crippen LogP contribution in [-0.2, 0) is 11.2 Å². The van der Waals surface area contributed by atoms with E-state index in [-0.39, 0.29) is 46.5 Å². The number of alkyl halides is 3. The van der Waals surface area contributed by atoms with Crippen LogP contribution in [0.1, 0.15) is 16.1 Å². The average molecular weight is 375 g/mol. The molecule has 0 saturated carbocycles. The number of hydrogen-bond donors (Lipinski definition) is 2. The molecule has 1 amide bonds. The van der Waals surface area contributed by atoms with Crippen LogP contribution in [0, 0.1) is 0 Å². The highest BCUT2D eigenvalue weighted by Gasteiger charge is 2.43. The molecule has 0 unspecified atom stereocenters. The van der Waals surface area contributed by atoms with Crippen molar-refractivity contribution < 1.29 is 27.6 Å². The Kier molecular flexibility index (Phi) is 4.07. The van der Waals surface area contributed by atoms with Crippen molar-refractivity contribution in [2.75, 3.05) is 12.3 Å². The van der Waals surface area contributed by atoms with E-state index < -0.39 is 18.1 Å². The number of halogens is 4. The molecule has 132 valence electrons. The fourth-order valence-electron chi connectivity index (χ4n) is 2.46. The lowest BCUT2D eigenvalue weighted by Crippen LogP contribution is -2.37. The molecule has 11 heteroatoms. The highest BCUT2D eigenvalue weighted by atomic mass is 35.5. The molecule has 2 aromatic heterocycles. The van der Waals surface area contributed by atoms with Crippen LogP contribution in [-0.4, -0.2) is 34.3 Å². The molecular formula is C14H10ClF3N4O3. The summed E-state index contributed by atoms with van der Waals surface area (Å²) in [6, 6.07) is 3.97. The third-order valence-corrected chi connectivity index (χ3v) is 3.66. The number of nitrogens with zero attached hydrogens (tertiary/aromatic N) is 2. The van der Waals surface area contributed by atoms with E-state index in [1.807, 2.05) is 0 Å². The Morgan fingerprint density at radius 3 is 2.72 bits per heavy atom. The third-order valence-electron chi connectivity index (χ3n) is 3.46. The second kappa shape index (κ2) is 5.96. The van der Waals surface area contributed by atoms with E-state index in [2.05, 4.69) is 15.1 Å². The van der Waals surface area contributed by atoms with Gasteiger partial charge in [-0.05, 0) is 18.2 Å². The van der Waals surface area contributed by atoms with E-state index in [0.29, 0.717) is 4.73 Å². The molecule has 3 N–H and O–H groups in total. The highest BCUT2D eigenvalue weighted by Crippen LogP contribution is 2.30. The molecule has 3 rings (SSSR count). The molecule has 0 bridgehead atoms. The van der Waals surface area contributed by atoms with Crippen molar-refractivity contribution in [1.82, 2.24) is 15.0 Å². The van der Waals surface area contributed by atoms with Crippen LogP contribution < -0.4 is 15.9 Å². The maximum Gasteiger partial charge on any atom is 0.493 e. The van der Waals surface area contributed by atoms with Crippen LogP contribution in [0.25, 0.3) is 11.3 Å². The van der Waals surface area contributed by atoms with Gasteiger partial charge >= 0.3 is 12.1 Å². The Bertz CT molecular complexity index is 859. The number of aromatic nitrogens is 2. The Hall–Kier alpha value is -2.75. The molecule has 7 nitrogen and oxygen atoms in total. The molecule has 0 aliphatic carbocycles. The first-order valence-electron chi connectivity index (χ1n) is 6.92. The largest absolute Gasteiger partial charge is 0.493 e. The number of fused-ring (bicyclic) bond motifs is 1. The van der Waals surface area contributed by atoms with Crippen molar-refractivity contribution in [2.24, 2.45) is 0 Å². The molecule has 1 aliphatic heterocycles. The molecule has 0 atom stereocenters. The SMILES string of the molecule is Nc1cc(-c2cc3c(n2OC(=O)C(F)(F)F)CCNC3=O)cc(Cl)n1. The molecule has 0 aromatic carbocycles. The summed E-state index contributed by atoms with van der Waals surface area (Å²) in [6.07, 6.45) is -5.01. The Balaban J connectivity index is 2.17. The summed E-state index contributed by atoms with van der Waals surface area (Å²) < 4.78 is 38.5. The van der Waals surface area contributed by atoms with E-state index in [0.717, 1.165) is 0 Å². The molecule has 1 aliphatic rings. The monoisotopic (exact) mass is 374 g/mol. The number of amides is 1. The van der Waals surface area contributed by atoms with Gasteiger partial charge < -0.3 is 15.9 Å². The molecular weight excluding hydrogens is 365 g/mol. The molecule has 2 aromatic rings. The van der Waals surface area contributed by atoms with Gasteiger partial charge in [-0.25, -0.2) is 9.78 Å². The van der Waals surface area contributed by atoms with Gasteiger partial charge in [0.2, 0.25) is 0 Å². The first-order valence-corrected chi connectivity index (χ1v) is 7.30. The molecule has 0 fully saturated rings. The van der Waals surface area contributed by atoms with Crippen molar-refractivity contribution in [3.63, 3.8) is 0 Å². The number of rotatable bonds is 2. The standard InChI is InChI=1S/C14H10ClF3N4O3/c15-10-3-6(4-11(19)21-10)9-5-7-8(1-2-20-12(7)23)22(9)25-13(24)14(16,17)18/h3-5H,1-2H2,(H2,19,21)(H,20,23). The molecule has 0 radical (unpaired) electrons. The van der Waals surface area contributed by atoms with Crippen molar-refractivity contribution in [1.29, 1.82) is 0 Å². The fraction of sp³-hybridized carbons (Fsp3) is 0.214. The smallest absolute Gasteiger partial charge is 0.384 e. The summed E-state index contributed by atoms with van der Waals surface area (Å²) in [5.41, 5.74) is 6.11. The van der Waals surface area contributed by atoms with Crippen LogP contribution in [0.5, 0.6) is 0 Å². The Morgan fingerprint density at radius 1 is 1.36 bits per heavy atom. The van der Waals surface area contributed by atoms with Gasteiger partial charge in [0.05, 0.1) is 17.0 Å². The Morgan fingerprint density at radius 2 is 2.08 bits per heavy atom. The minimum absolute atomic E-state index is 0.00711. The lowest BCUT2D eigenvalue weighted by atomic mass is 10.1. The number of nitrogens with one attached hydrogen (secondary N) is 1. The van der Waals surface area contributed by atoms with Gasteiger partial charge in [0.15, 0.2) is 0 Å². The van der Waals surface area contributed by atoms with E-state index in [1.165, 1.54) is 18.2 Å². The highest BCUT2D eigenvalue weighted by molar-refractivity contribution is 6.29. The summed E-state index contributed by atoms with van der Waals surface area (Å²) in [4.78, 5) is 31.5. The lowest BCUT2D eigenvalue weighted by Gasteiger charge is -2.17. The van der Waals surface area contributed by atoms with Crippen molar-refractivity contribution in [3.8, 4) is 11.3 Å². The zero-order chi connectivity index (χ0) is 18.4. The second-order valence-corrected chi connectivity index (χ2v) is 5.56. The summed E-state index contributed by atoms with van der Waals surface area (Å²) >= 11 is 5.82. The zero-order valence-corrected chi connectivity index (χ0v) is 13.1. The van der Waals surface area contributed by atoms with E-state index in [1.54, 1.807) is 0 Å². The minimum atomic E-state index is -5.19. The van der Waals surface area contributed by atoms with Crippen molar-refractivity contribution in [2.45, 2.75) is 12.6 Å². The molecule has 0 saturated heterocycles. The molecule has 0 spiro atoms. The maximum absolute atomic E-state index is 12.6. The average Bonchev–Trinajstić information content (AvgIpc) is 2.85. The zero-order valence-electron chi connectivity index (χ0n) is 12.4. The normalized spacial score (nSPS) is 14.0. The predicted molar refractivity (Wildman–Crippen MR) is 80.8 cm³/mol. The summed E-state index contributed by atoms with van der Waals surface area (Å²) in [6.45, 7) is 0.193. The number of carbonyl (C=O) groups excluding carboxylic acids is 2. The Labute approximate surface area is 143 Å². The number of nitrogen functional groups attached to an aromatic ring is 1. The van der Waals surface area contributed by atoms with E-state index in [4.69, 9.17) is 17.3 Å². The number of nitrogens with two attached hydrogens (primary N) is 1. The second-order valence-electron chi connectivity index (χ2n) is 5.17. The van der Waals surface area contributed by atoms with Crippen molar-refractivity contribution in [3.05, 3.63) is 34.6 Å². The van der Waals surface area contributed by atoms with Gasteiger partial charge in [0.1, 0.15) is 11.0 Å². The van der Waals surface area contributed by atoms with Crippen LogP contribution in [0.15, 0.2) is 18.2 Å². The number of carbonyl (C=O) groups is 2. The maximum atomic E-state index is 12.6. The first kappa shape index (κ1) is 17.1. The van der Waals surface area contributed by atoms with E-state index >= 15 is 0 Å². The van der Waals surface area contributed by atoms with Gasteiger partial charge in [-0.3, -0.25) is 4.79 Å². The van der Waals surface area contributed by atoms with Gasteiger partial charge in [0, 0.05) is 18.5 Å². The van der Waals surface area contributed by atoms with Gasteiger partial charge in [-0.2, -0.15) is 17.9 Å². The predicted octanol–water partition coefficient (Wildman–Crippen LogP) is 1.59. The van der Waals surface area contributed by atoms with Gasteiger partial charge in [0.25, 0.3) is 5.91 Å². The number of anilines is 1. The summed E-state index contributed by atoms with van der Waals surface area (Å²) in [5.74, 6) is -2.89. The van der Waals surface area contributed by atoms with E-state index in [9.17, 15) is 22.8 Å². The first-order chi connectivity index (χ1) is 11.7. The summed E-state index contributed by atoms with van der Waals surface area (Å²) in [5, 5.41) is 2.55. The van der Waals surface area contributed by atoms with Crippen LogP contribution in [0.2, 0.25) is 5.15 Å². The third kappa shape index (κ3) is 3.25. The van der Waals surface area contributed by atoms with Gasteiger partial charge in [-0.1, -0.05) is 11.6 Å². The molecule has 25 heavy (non-hydrogen) atoms. The van der Waals surface area contributed by atoms with Gasteiger partial charge in [-0.15, -0.1) is 0 Å². The number of pyridine rings is 1.